The van der Waals surface area contributed by atoms with Gasteiger partial charge in [0.2, 0.25) is 0 Å². The first kappa shape index (κ1) is 13.2. The molecule has 1 aromatic rings. The number of nitrogens with two attached hydrogens (primary N) is 1. The van der Waals surface area contributed by atoms with Crippen LogP contribution >= 0.6 is 0 Å². The van der Waals surface area contributed by atoms with Crippen molar-refractivity contribution in [2.45, 2.75) is 20.0 Å². The minimum atomic E-state index is -2.92. The van der Waals surface area contributed by atoms with Gasteiger partial charge in [0.1, 0.15) is 11.5 Å². The standard InChI is InChI=1S/C11H13F2NO3/c1-2-5-16-9-6-7(17-11(12)13)3-4-8(9)10(14)15/h3-4,6,11H,2,5H2,1H3,(H2,14,15). The second-order valence-corrected chi connectivity index (χ2v) is 3.25. The number of carbonyl (C=O) groups excluding carboxylic acids is 1. The molecule has 2 N–H and O–H groups in total. The van der Waals surface area contributed by atoms with E-state index in [1.165, 1.54) is 18.2 Å². The van der Waals surface area contributed by atoms with Crippen molar-refractivity contribution in [1.29, 1.82) is 0 Å². The van der Waals surface area contributed by atoms with E-state index in [2.05, 4.69) is 4.74 Å². The van der Waals surface area contributed by atoms with Gasteiger partial charge in [-0.1, -0.05) is 6.92 Å². The van der Waals surface area contributed by atoms with Gasteiger partial charge >= 0.3 is 6.61 Å². The van der Waals surface area contributed by atoms with Gasteiger partial charge in [0.15, 0.2) is 0 Å². The Balaban J connectivity index is 2.96. The van der Waals surface area contributed by atoms with Gasteiger partial charge in [0.25, 0.3) is 5.91 Å². The van der Waals surface area contributed by atoms with E-state index in [-0.39, 0.29) is 17.1 Å². The molecule has 0 saturated carbocycles. The fraction of sp³-hybridized carbons (Fsp3) is 0.364. The number of hydrogen-bond acceptors (Lipinski definition) is 3. The maximum atomic E-state index is 12.0. The van der Waals surface area contributed by atoms with Crippen LogP contribution in [0.1, 0.15) is 23.7 Å². The number of primary amides is 1. The number of benzene rings is 1. The summed E-state index contributed by atoms with van der Waals surface area (Å²) < 4.78 is 33.5. The van der Waals surface area contributed by atoms with Crippen LogP contribution in [0.25, 0.3) is 0 Å². The lowest BCUT2D eigenvalue weighted by molar-refractivity contribution is -0.0499. The molecule has 0 aliphatic carbocycles. The smallest absolute Gasteiger partial charge is 0.387 e. The lowest BCUT2D eigenvalue weighted by atomic mass is 10.2. The third kappa shape index (κ3) is 3.90. The van der Waals surface area contributed by atoms with Gasteiger partial charge in [-0.3, -0.25) is 4.79 Å². The first-order valence-electron chi connectivity index (χ1n) is 5.06. The van der Waals surface area contributed by atoms with Crippen molar-refractivity contribution >= 4 is 5.91 Å². The molecule has 94 valence electrons. The third-order valence-electron chi connectivity index (χ3n) is 1.91. The molecule has 0 aliphatic heterocycles. The molecule has 0 heterocycles. The summed E-state index contributed by atoms with van der Waals surface area (Å²) in [6, 6.07) is 3.76. The average Bonchev–Trinajstić information content (AvgIpc) is 2.25. The minimum Gasteiger partial charge on any atom is -0.493 e. The Labute approximate surface area is 97.3 Å². The summed E-state index contributed by atoms with van der Waals surface area (Å²) in [6.07, 6.45) is 0.720. The number of ether oxygens (including phenoxy) is 2. The summed E-state index contributed by atoms with van der Waals surface area (Å²) in [5.41, 5.74) is 5.27. The summed E-state index contributed by atoms with van der Waals surface area (Å²) >= 11 is 0. The Morgan fingerprint density at radius 1 is 1.47 bits per heavy atom. The lowest BCUT2D eigenvalue weighted by Crippen LogP contribution is -2.13. The molecule has 17 heavy (non-hydrogen) atoms. The Bertz CT molecular complexity index is 396. The van der Waals surface area contributed by atoms with Gasteiger partial charge < -0.3 is 15.2 Å². The summed E-state index contributed by atoms with van der Waals surface area (Å²) in [6.45, 7) is -0.685. The van der Waals surface area contributed by atoms with E-state index in [0.717, 1.165) is 6.42 Å². The van der Waals surface area contributed by atoms with Crippen molar-refractivity contribution in [3.63, 3.8) is 0 Å². The Kier molecular flexibility index (Phi) is 4.68. The van der Waals surface area contributed by atoms with Crippen LogP contribution in [0.3, 0.4) is 0 Å². The average molecular weight is 245 g/mol. The molecule has 1 amide bonds. The molecule has 0 spiro atoms. The third-order valence-corrected chi connectivity index (χ3v) is 1.91. The molecule has 6 heteroatoms. The Morgan fingerprint density at radius 2 is 2.18 bits per heavy atom. The molecule has 0 atom stereocenters. The van der Waals surface area contributed by atoms with Crippen LogP contribution in [0.4, 0.5) is 8.78 Å². The monoisotopic (exact) mass is 245 g/mol. The van der Waals surface area contributed by atoms with Gasteiger partial charge in [-0.15, -0.1) is 0 Å². The summed E-state index contributed by atoms with van der Waals surface area (Å²) in [5.74, 6) is -0.603. The molecule has 1 aromatic carbocycles. The van der Waals surface area contributed by atoms with Gasteiger partial charge in [0, 0.05) is 6.07 Å². The minimum absolute atomic E-state index is 0.0731. The van der Waals surface area contributed by atoms with Crippen molar-refractivity contribution in [2.24, 2.45) is 5.73 Å². The summed E-state index contributed by atoms with van der Waals surface area (Å²) in [5, 5.41) is 0. The predicted octanol–water partition coefficient (Wildman–Crippen LogP) is 2.18. The predicted molar refractivity (Wildman–Crippen MR) is 57.4 cm³/mol. The summed E-state index contributed by atoms with van der Waals surface area (Å²) in [7, 11) is 0. The maximum absolute atomic E-state index is 12.0. The van der Waals surface area contributed by atoms with Crippen molar-refractivity contribution in [3.8, 4) is 11.5 Å². The van der Waals surface area contributed by atoms with E-state index >= 15 is 0 Å². The molecule has 0 unspecified atom stereocenters. The number of rotatable bonds is 6. The molecule has 0 fully saturated rings. The number of halogens is 2. The van der Waals surface area contributed by atoms with Gasteiger partial charge in [0.05, 0.1) is 12.2 Å². The van der Waals surface area contributed by atoms with Crippen LogP contribution in [0.15, 0.2) is 18.2 Å². The van der Waals surface area contributed by atoms with Crippen molar-refractivity contribution in [2.75, 3.05) is 6.61 Å². The van der Waals surface area contributed by atoms with E-state index in [9.17, 15) is 13.6 Å². The zero-order valence-corrected chi connectivity index (χ0v) is 9.28. The first-order chi connectivity index (χ1) is 8.04. The molecule has 4 nitrogen and oxygen atoms in total. The second kappa shape index (κ2) is 6.03. The molecule has 0 saturated heterocycles. The highest BCUT2D eigenvalue weighted by molar-refractivity contribution is 5.95. The maximum Gasteiger partial charge on any atom is 0.387 e. The van der Waals surface area contributed by atoms with Gasteiger partial charge in [-0.25, -0.2) is 0 Å². The van der Waals surface area contributed by atoms with E-state index in [0.29, 0.717) is 6.61 Å². The molecule has 0 aromatic heterocycles. The second-order valence-electron chi connectivity index (χ2n) is 3.25. The number of carbonyl (C=O) groups is 1. The largest absolute Gasteiger partial charge is 0.493 e. The van der Waals surface area contributed by atoms with Gasteiger partial charge in [-0.05, 0) is 18.6 Å². The van der Waals surface area contributed by atoms with E-state index in [1.807, 2.05) is 6.92 Å². The van der Waals surface area contributed by atoms with Crippen LogP contribution in [-0.4, -0.2) is 19.1 Å². The van der Waals surface area contributed by atoms with Crippen molar-refractivity contribution < 1.29 is 23.0 Å². The number of amides is 1. The van der Waals surface area contributed by atoms with Crippen LogP contribution in [0.2, 0.25) is 0 Å². The van der Waals surface area contributed by atoms with E-state index < -0.39 is 12.5 Å². The van der Waals surface area contributed by atoms with E-state index in [4.69, 9.17) is 10.5 Å². The molecule has 0 aliphatic rings. The first-order valence-corrected chi connectivity index (χ1v) is 5.06. The van der Waals surface area contributed by atoms with Gasteiger partial charge in [-0.2, -0.15) is 8.78 Å². The molecule has 1 rings (SSSR count). The number of alkyl halides is 2. The normalized spacial score (nSPS) is 10.4. The fourth-order valence-electron chi connectivity index (χ4n) is 1.21. The van der Waals surface area contributed by atoms with Crippen molar-refractivity contribution in [1.82, 2.24) is 0 Å². The zero-order valence-electron chi connectivity index (χ0n) is 9.28. The highest BCUT2D eigenvalue weighted by Crippen LogP contribution is 2.26. The highest BCUT2D eigenvalue weighted by atomic mass is 19.3. The van der Waals surface area contributed by atoms with E-state index in [1.54, 1.807) is 0 Å². The Hall–Kier alpha value is -1.85. The van der Waals surface area contributed by atoms with Crippen molar-refractivity contribution in [3.05, 3.63) is 23.8 Å². The van der Waals surface area contributed by atoms with Crippen LogP contribution < -0.4 is 15.2 Å². The SMILES string of the molecule is CCCOc1cc(OC(F)F)ccc1C(N)=O. The topological polar surface area (TPSA) is 61.6 Å². The van der Waals surface area contributed by atoms with Crippen LogP contribution in [-0.2, 0) is 0 Å². The molecule has 0 radical (unpaired) electrons. The molecular weight excluding hydrogens is 232 g/mol. The molecule has 0 bridgehead atoms. The lowest BCUT2D eigenvalue weighted by Gasteiger charge is -2.11. The summed E-state index contributed by atoms with van der Waals surface area (Å²) in [4.78, 5) is 11.1. The Morgan fingerprint density at radius 3 is 2.71 bits per heavy atom. The number of hydrogen-bond donors (Lipinski definition) is 1. The zero-order chi connectivity index (χ0) is 12.8. The van der Waals surface area contributed by atoms with Crippen LogP contribution in [0.5, 0.6) is 11.5 Å². The van der Waals surface area contributed by atoms with Crippen LogP contribution in [0, 0.1) is 0 Å². The fourth-order valence-corrected chi connectivity index (χ4v) is 1.21. The molecular formula is C11H13F2NO3. The highest BCUT2D eigenvalue weighted by Gasteiger charge is 2.12. The quantitative estimate of drug-likeness (QED) is 0.835.